The molecule has 0 aliphatic heterocycles. The minimum absolute atomic E-state index is 0.121. The van der Waals surface area contributed by atoms with Gasteiger partial charge in [-0.15, -0.1) is 0 Å². The van der Waals surface area contributed by atoms with Crippen LogP contribution >= 0.6 is 0 Å². The summed E-state index contributed by atoms with van der Waals surface area (Å²) >= 11 is 0. The molecule has 0 saturated heterocycles. The van der Waals surface area contributed by atoms with Gasteiger partial charge in [0.15, 0.2) is 0 Å². The maximum Gasteiger partial charge on any atom is 0.302 e. The minimum Gasteiger partial charge on any atom is -0.463 e. The largest absolute Gasteiger partial charge is 0.463 e. The fraction of sp³-hybridized carbons (Fsp3) is 0.905. The van der Waals surface area contributed by atoms with Crippen molar-refractivity contribution in [3.8, 4) is 0 Å². The molecule has 0 aromatic rings. The normalized spacial score (nSPS) is 48.0. The van der Waals surface area contributed by atoms with E-state index in [0.717, 1.165) is 55.8 Å². The summed E-state index contributed by atoms with van der Waals surface area (Å²) in [5.74, 6) is 4.29. The number of rotatable bonds is 1. The second-order valence-electron chi connectivity index (χ2n) is 9.34. The first-order valence-electron chi connectivity index (χ1n) is 10.2. The molecule has 0 heterocycles. The van der Waals surface area contributed by atoms with Gasteiger partial charge in [0.25, 0.3) is 0 Å². The van der Waals surface area contributed by atoms with E-state index in [0.29, 0.717) is 17.1 Å². The van der Waals surface area contributed by atoms with Crippen LogP contribution in [-0.2, 0) is 14.3 Å². The second kappa shape index (κ2) is 6.14. The molecular formula is C21H32O3. The molecule has 0 amide bonds. The summed E-state index contributed by atoms with van der Waals surface area (Å²) in [6.07, 6.45) is 11.6. The Morgan fingerprint density at radius 2 is 1.92 bits per heavy atom. The molecule has 134 valence electrons. The average molecular weight is 332 g/mol. The highest BCUT2D eigenvalue weighted by Gasteiger charge is 2.55. The minimum atomic E-state index is -0.121. The number of esters is 1. The van der Waals surface area contributed by atoms with Gasteiger partial charge in [-0.05, 0) is 86.4 Å². The lowest BCUT2D eigenvalue weighted by Gasteiger charge is -2.60. The molecule has 0 unspecified atom stereocenters. The Balaban J connectivity index is 1.50. The standard InChI is InChI=1S/C21H32O3/c1-13(22)24-17-9-10-21(2)15(12-17)4-6-19-18-7-5-16(23)11-14(18)3-8-20(19)21/h14-15,17-20H,3-12H2,1-2H3/t14-,15+,17-,18-,19+,20+,21+/m0/s1. The maximum atomic E-state index is 11.9. The number of carbonyl (C=O) groups excluding carboxylic acids is 2. The van der Waals surface area contributed by atoms with E-state index in [1.165, 1.54) is 39.0 Å². The zero-order valence-corrected chi connectivity index (χ0v) is 15.3. The van der Waals surface area contributed by atoms with Crippen LogP contribution in [-0.4, -0.2) is 17.9 Å². The number of ketones is 1. The van der Waals surface area contributed by atoms with Crippen molar-refractivity contribution in [1.82, 2.24) is 0 Å². The molecule has 24 heavy (non-hydrogen) atoms. The summed E-state index contributed by atoms with van der Waals surface area (Å²) in [6, 6.07) is 0. The molecule has 0 bridgehead atoms. The van der Waals surface area contributed by atoms with E-state index < -0.39 is 0 Å². The van der Waals surface area contributed by atoms with E-state index in [9.17, 15) is 9.59 Å². The van der Waals surface area contributed by atoms with Crippen molar-refractivity contribution < 1.29 is 14.3 Å². The molecule has 0 aromatic carbocycles. The lowest BCUT2D eigenvalue weighted by Crippen LogP contribution is -2.53. The van der Waals surface area contributed by atoms with E-state index in [-0.39, 0.29) is 12.1 Å². The molecule has 0 radical (unpaired) electrons. The second-order valence-corrected chi connectivity index (χ2v) is 9.34. The predicted molar refractivity (Wildman–Crippen MR) is 92.3 cm³/mol. The molecule has 4 fully saturated rings. The quantitative estimate of drug-likeness (QED) is 0.663. The Hall–Kier alpha value is -0.860. The van der Waals surface area contributed by atoms with Gasteiger partial charge in [-0.2, -0.15) is 0 Å². The molecule has 0 N–H and O–H groups in total. The van der Waals surface area contributed by atoms with Crippen LogP contribution < -0.4 is 0 Å². The van der Waals surface area contributed by atoms with Crippen LogP contribution in [0.4, 0.5) is 0 Å². The Bertz CT molecular complexity index is 527. The third kappa shape index (κ3) is 2.72. The lowest BCUT2D eigenvalue weighted by atomic mass is 9.45. The van der Waals surface area contributed by atoms with Gasteiger partial charge in [0.1, 0.15) is 11.9 Å². The third-order valence-electron chi connectivity index (χ3n) is 8.28. The summed E-state index contributed by atoms with van der Waals surface area (Å²) in [4.78, 5) is 23.2. The molecule has 0 spiro atoms. The summed E-state index contributed by atoms with van der Waals surface area (Å²) in [7, 11) is 0. The molecule has 4 aliphatic carbocycles. The molecule has 4 saturated carbocycles. The first-order chi connectivity index (χ1) is 11.5. The monoisotopic (exact) mass is 332 g/mol. The number of ether oxygens (including phenoxy) is 1. The Kier molecular flexibility index (Phi) is 4.25. The number of hydrogen-bond donors (Lipinski definition) is 0. The van der Waals surface area contributed by atoms with E-state index in [1.54, 1.807) is 0 Å². The zero-order chi connectivity index (χ0) is 16.9. The van der Waals surface area contributed by atoms with Crippen LogP contribution in [0.3, 0.4) is 0 Å². The van der Waals surface area contributed by atoms with E-state index >= 15 is 0 Å². The Morgan fingerprint density at radius 3 is 2.71 bits per heavy atom. The average Bonchev–Trinajstić information content (AvgIpc) is 2.54. The van der Waals surface area contributed by atoms with Crippen LogP contribution in [0, 0.1) is 35.0 Å². The fourth-order valence-electron chi connectivity index (χ4n) is 7.18. The van der Waals surface area contributed by atoms with Gasteiger partial charge in [0, 0.05) is 19.8 Å². The van der Waals surface area contributed by atoms with Gasteiger partial charge in [-0.3, -0.25) is 9.59 Å². The van der Waals surface area contributed by atoms with Crippen molar-refractivity contribution in [1.29, 1.82) is 0 Å². The summed E-state index contributed by atoms with van der Waals surface area (Å²) in [5, 5.41) is 0. The predicted octanol–water partition coefficient (Wildman–Crippen LogP) is 4.53. The fourth-order valence-corrected chi connectivity index (χ4v) is 7.18. The van der Waals surface area contributed by atoms with Gasteiger partial charge in [-0.1, -0.05) is 6.92 Å². The number of carbonyl (C=O) groups is 2. The number of fused-ring (bicyclic) bond motifs is 5. The van der Waals surface area contributed by atoms with Crippen molar-refractivity contribution >= 4 is 11.8 Å². The van der Waals surface area contributed by atoms with Crippen molar-refractivity contribution in [2.75, 3.05) is 0 Å². The Labute approximate surface area is 145 Å². The SMILES string of the molecule is CC(=O)O[C@H]1CC[C@]2(C)[C@H](CC[C@@H]3[C@H]4CCC(=O)C[C@@H]4CC[C@H]32)C1. The molecule has 7 atom stereocenters. The summed E-state index contributed by atoms with van der Waals surface area (Å²) < 4.78 is 5.54. The highest BCUT2D eigenvalue weighted by molar-refractivity contribution is 5.79. The van der Waals surface area contributed by atoms with Crippen molar-refractivity contribution in [3.63, 3.8) is 0 Å². The highest BCUT2D eigenvalue weighted by atomic mass is 16.5. The summed E-state index contributed by atoms with van der Waals surface area (Å²) in [5.41, 5.74) is 0.436. The van der Waals surface area contributed by atoms with Gasteiger partial charge in [-0.25, -0.2) is 0 Å². The van der Waals surface area contributed by atoms with E-state index in [2.05, 4.69) is 6.92 Å². The lowest BCUT2D eigenvalue weighted by molar-refractivity contribution is -0.159. The summed E-state index contributed by atoms with van der Waals surface area (Å²) in [6.45, 7) is 4.07. The van der Waals surface area contributed by atoms with E-state index in [1.807, 2.05) is 0 Å². The van der Waals surface area contributed by atoms with E-state index in [4.69, 9.17) is 4.74 Å². The first kappa shape index (κ1) is 16.6. The molecule has 3 heteroatoms. The molecular weight excluding hydrogens is 300 g/mol. The van der Waals surface area contributed by atoms with Crippen LogP contribution in [0.5, 0.6) is 0 Å². The van der Waals surface area contributed by atoms with Crippen LogP contribution in [0.2, 0.25) is 0 Å². The van der Waals surface area contributed by atoms with Gasteiger partial charge in [0.2, 0.25) is 0 Å². The number of hydrogen-bond acceptors (Lipinski definition) is 3. The van der Waals surface area contributed by atoms with Crippen molar-refractivity contribution in [2.24, 2.45) is 35.0 Å². The van der Waals surface area contributed by atoms with Crippen molar-refractivity contribution in [3.05, 3.63) is 0 Å². The zero-order valence-electron chi connectivity index (χ0n) is 15.3. The topological polar surface area (TPSA) is 43.4 Å². The molecule has 4 aliphatic rings. The highest BCUT2D eigenvalue weighted by Crippen LogP contribution is 2.62. The first-order valence-corrected chi connectivity index (χ1v) is 10.2. The maximum absolute atomic E-state index is 11.9. The van der Waals surface area contributed by atoms with Crippen LogP contribution in [0.15, 0.2) is 0 Å². The number of Topliss-reactive ketones (excluding diaryl/α,β-unsaturated/α-hetero) is 1. The van der Waals surface area contributed by atoms with Gasteiger partial charge >= 0.3 is 5.97 Å². The van der Waals surface area contributed by atoms with Crippen LogP contribution in [0.25, 0.3) is 0 Å². The molecule has 4 rings (SSSR count). The smallest absolute Gasteiger partial charge is 0.302 e. The van der Waals surface area contributed by atoms with Crippen LogP contribution in [0.1, 0.15) is 78.1 Å². The molecule has 0 aromatic heterocycles. The third-order valence-corrected chi connectivity index (χ3v) is 8.28. The molecule has 3 nitrogen and oxygen atoms in total. The van der Waals surface area contributed by atoms with Crippen molar-refractivity contribution in [2.45, 2.75) is 84.2 Å². The van der Waals surface area contributed by atoms with Gasteiger partial charge in [0.05, 0.1) is 0 Å². The van der Waals surface area contributed by atoms with Gasteiger partial charge < -0.3 is 4.74 Å². The Morgan fingerprint density at radius 1 is 1.08 bits per heavy atom.